The van der Waals surface area contributed by atoms with Gasteiger partial charge in [-0.25, -0.2) is 0 Å². The van der Waals surface area contributed by atoms with E-state index in [-0.39, 0.29) is 6.23 Å². The maximum Gasteiger partial charge on any atom is 0.199 e. The van der Waals surface area contributed by atoms with Crippen molar-refractivity contribution in [3.8, 4) is 5.75 Å². The summed E-state index contributed by atoms with van der Waals surface area (Å²) < 4.78 is 6.46. The molecular formula is C23H27ClN2O. The monoisotopic (exact) mass is 382 g/mol. The van der Waals surface area contributed by atoms with Crippen molar-refractivity contribution in [3.63, 3.8) is 0 Å². The molecule has 142 valence electrons. The quantitative estimate of drug-likeness (QED) is 0.676. The molecule has 0 radical (unpaired) electrons. The first kappa shape index (κ1) is 17.4. The highest BCUT2D eigenvalue weighted by atomic mass is 35.5. The largest absolute Gasteiger partial charge is 0.464 e. The molecule has 3 aliphatic rings. The number of piperidine rings is 2. The Morgan fingerprint density at radius 1 is 0.963 bits per heavy atom. The number of ether oxygens (including phenoxy) is 1. The van der Waals surface area contributed by atoms with E-state index >= 15 is 0 Å². The lowest BCUT2D eigenvalue weighted by molar-refractivity contribution is 0.0482. The van der Waals surface area contributed by atoms with E-state index < -0.39 is 0 Å². The van der Waals surface area contributed by atoms with Crippen molar-refractivity contribution in [2.75, 3.05) is 11.9 Å². The third-order valence-corrected chi connectivity index (χ3v) is 7.00. The van der Waals surface area contributed by atoms with Crippen molar-refractivity contribution in [1.82, 2.24) is 4.90 Å². The number of halogens is 1. The fraction of sp³-hybridized carbons (Fsp3) is 0.478. The van der Waals surface area contributed by atoms with Crippen LogP contribution in [0.4, 0.5) is 5.69 Å². The standard InChI is InChI=1S/C23H27ClN2O/c1-15-6-8-16(9-7-15)23-26(21-11-10-17(24)12-22(21)27-23)20-13-18-4-3-5-19(14-20)25(18)2/h6-12,18-20,23H,3-5,13-14H2,1-2H3. The van der Waals surface area contributed by atoms with Crippen molar-refractivity contribution < 1.29 is 4.74 Å². The topological polar surface area (TPSA) is 15.7 Å². The van der Waals surface area contributed by atoms with Crippen LogP contribution >= 0.6 is 11.6 Å². The molecule has 2 bridgehead atoms. The van der Waals surface area contributed by atoms with Gasteiger partial charge in [0.05, 0.1) is 5.69 Å². The van der Waals surface area contributed by atoms with Crippen LogP contribution in [0.25, 0.3) is 0 Å². The molecule has 4 heteroatoms. The summed E-state index contributed by atoms with van der Waals surface area (Å²) in [7, 11) is 2.32. The Bertz CT molecular complexity index is 823. The molecule has 3 nitrogen and oxygen atoms in total. The Labute approximate surface area is 166 Å². The van der Waals surface area contributed by atoms with Crippen molar-refractivity contribution >= 4 is 17.3 Å². The molecule has 2 fully saturated rings. The van der Waals surface area contributed by atoms with Crippen molar-refractivity contribution in [2.45, 2.75) is 63.4 Å². The molecule has 0 aromatic heterocycles. The van der Waals surface area contributed by atoms with Crippen LogP contribution in [0.3, 0.4) is 0 Å². The number of hydrogen-bond donors (Lipinski definition) is 0. The van der Waals surface area contributed by atoms with Crippen molar-refractivity contribution in [1.29, 1.82) is 0 Å². The van der Waals surface area contributed by atoms with Crippen LogP contribution < -0.4 is 9.64 Å². The van der Waals surface area contributed by atoms with E-state index in [0.29, 0.717) is 18.1 Å². The van der Waals surface area contributed by atoms with Gasteiger partial charge in [0.1, 0.15) is 5.75 Å². The number of rotatable bonds is 2. The van der Waals surface area contributed by atoms with Crippen LogP contribution in [-0.2, 0) is 0 Å². The number of hydrogen-bond acceptors (Lipinski definition) is 3. The second kappa shape index (κ2) is 6.72. The van der Waals surface area contributed by atoms with E-state index in [0.717, 1.165) is 10.8 Å². The van der Waals surface area contributed by atoms with E-state index in [1.165, 1.54) is 48.9 Å². The molecule has 0 N–H and O–H groups in total. The molecule has 5 rings (SSSR count). The summed E-state index contributed by atoms with van der Waals surface area (Å²) in [6.07, 6.45) is 6.37. The van der Waals surface area contributed by atoms with Gasteiger partial charge in [-0.2, -0.15) is 0 Å². The summed E-state index contributed by atoms with van der Waals surface area (Å²) in [5, 5.41) is 0.735. The Kier molecular flexibility index (Phi) is 4.33. The van der Waals surface area contributed by atoms with E-state index in [9.17, 15) is 0 Å². The lowest BCUT2D eigenvalue weighted by atomic mass is 9.81. The number of nitrogens with zero attached hydrogens (tertiary/aromatic N) is 2. The average molecular weight is 383 g/mol. The fourth-order valence-corrected chi connectivity index (χ4v) is 5.42. The van der Waals surface area contributed by atoms with Crippen molar-refractivity contribution in [3.05, 3.63) is 58.6 Å². The van der Waals surface area contributed by atoms with Gasteiger partial charge in [0, 0.05) is 34.8 Å². The first-order valence-electron chi connectivity index (χ1n) is 10.1. The maximum absolute atomic E-state index is 6.46. The Balaban J connectivity index is 1.53. The summed E-state index contributed by atoms with van der Waals surface area (Å²) in [6.45, 7) is 2.13. The van der Waals surface area contributed by atoms with Gasteiger partial charge < -0.3 is 14.5 Å². The third kappa shape index (κ3) is 3.01. The minimum absolute atomic E-state index is 0.0619. The van der Waals surface area contributed by atoms with Crippen LogP contribution in [0.15, 0.2) is 42.5 Å². The smallest absolute Gasteiger partial charge is 0.199 e. The van der Waals surface area contributed by atoms with Gasteiger partial charge in [-0.05, 0) is 51.8 Å². The number of benzene rings is 2. The predicted molar refractivity (Wildman–Crippen MR) is 111 cm³/mol. The normalized spacial score (nSPS) is 30.1. The lowest BCUT2D eigenvalue weighted by Crippen LogP contribution is -2.55. The second-order valence-corrected chi connectivity index (χ2v) is 8.87. The summed E-state index contributed by atoms with van der Waals surface area (Å²) >= 11 is 6.26. The second-order valence-electron chi connectivity index (χ2n) is 8.43. The van der Waals surface area contributed by atoms with Gasteiger partial charge in [-0.1, -0.05) is 47.9 Å². The summed E-state index contributed by atoms with van der Waals surface area (Å²) in [6, 6.07) is 16.7. The summed E-state index contributed by atoms with van der Waals surface area (Å²) in [4.78, 5) is 5.16. The third-order valence-electron chi connectivity index (χ3n) is 6.76. The first-order valence-corrected chi connectivity index (χ1v) is 10.5. The van der Waals surface area contributed by atoms with Gasteiger partial charge in [0.15, 0.2) is 6.23 Å². The summed E-state index contributed by atoms with van der Waals surface area (Å²) in [5.41, 5.74) is 3.69. The number of fused-ring (bicyclic) bond motifs is 3. The van der Waals surface area contributed by atoms with Crippen LogP contribution in [0.5, 0.6) is 5.75 Å². The maximum atomic E-state index is 6.46. The average Bonchev–Trinajstić information content (AvgIpc) is 3.00. The van der Waals surface area contributed by atoms with E-state index in [1.54, 1.807) is 0 Å². The molecule has 3 heterocycles. The molecular weight excluding hydrogens is 356 g/mol. The Hall–Kier alpha value is -1.71. The molecule has 3 aliphatic heterocycles. The SMILES string of the molecule is Cc1ccc(C2Oc3cc(Cl)ccc3N2C2CC3CCCC(C2)N3C)cc1. The van der Waals surface area contributed by atoms with Gasteiger partial charge in [0.25, 0.3) is 0 Å². The molecule has 2 aromatic carbocycles. The van der Waals surface area contributed by atoms with E-state index in [1.807, 2.05) is 12.1 Å². The van der Waals surface area contributed by atoms with E-state index in [4.69, 9.17) is 16.3 Å². The molecule has 3 atom stereocenters. The van der Waals surface area contributed by atoms with Gasteiger partial charge >= 0.3 is 0 Å². The highest BCUT2D eigenvalue weighted by Gasteiger charge is 2.43. The lowest BCUT2D eigenvalue weighted by Gasteiger charge is -2.50. The van der Waals surface area contributed by atoms with Crippen LogP contribution in [0, 0.1) is 6.92 Å². The molecule has 0 saturated carbocycles. The summed E-state index contributed by atoms with van der Waals surface area (Å²) in [5.74, 6) is 0.914. The molecule has 2 saturated heterocycles. The highest BCUT2D eigenvalue weighted by molar-refractivity contribution is 6.30. The van der Waals surface area contributed by atoms with E-state index in [2.05, 4.69) is 54.1 Å². The zero-order chi connectivity index (χ0) is 18.5. The Morgan fingerprint density at radius 3 is 2.37 bits per heavy atom. The minimum atomic E-state index is -0.0619. The number of aryl methyl sites for hydroxylation is 1. The molecule has 0 spiro atoms. The highest BCUT2D eigenvalue weighted by Crippen LogP contribution is 2.48. The number of anilines is 1. The predicted octanol–water partition coefficient (Wildman–Crippen LogP) is 5.56. The molecule has 27 heavy (non-hydrogen) atoms. The fourth-order valence-electron chi connectivity index (χ4n) is 5.26. The first-order chi connectivity index (χ1) is 13.1. The molecule has 3 unspecified atom stereocenters. The zero-order valence-electron chi connectivity index (χ0n) is 16.1. The van der Waals surface area contributed by atoms with Gasteiger partial charge in [-0.15, -0.1) is 0 Å². The Morgan fingerprint density at radius 2 is 1.67 bits per heavy atom. The zero-order valence-corrected chi connectivity index (χ0v) is 16.8. The van der Waals surface area contributed by atoms with Crippen LogP contribution in [-0.4, -0.2) is 30.1 Å². The molecule has 0 aliphatic carbocycles. The molecule has 0 amide bonds. The van der Waals surface area contributed by atoms with Gasteiger partial charge in [0.2, 0.25) is 0 Å². The van der Waals surface area contributed by atoms with Crippen LogP contribution in [0.1, 0.15) is 49.5 Å². The van der Waals surface area contributed by atoms with Gasteiger partial charge in [-0.3, -0.25) is 0 Å². The van der Waals surface area contributed by atoms with Crippen LogP contribution in [0.2, 0.25) is 5.02 Å². The van der Waals surface area contributed by atoms with Crippen molar-refractivity contribution in [2.24, 2.45) is 0 Å². The minimum Gasteiger partial charge on any atom is -0.464 e. The molecule has 2 aromatic rings.